The van der Waals surface area contributed by atoms with Crippen LogP contribution in [0, 0.1) is 10.1 Å². The summed E-state index contributed by atoms with van der Waals surface area (Å²) in [6.07, 6.45) is 5.65. The zero-order valence-corrected chi connectivity index (χ0v) is 12.6. The van der Waals surface area contributed by atoms with Crippen LogP contribution in [0.5, 0.6) is 0 Å². The largest absolute Gasteiger partial charge is 0.452 e. The highest BCUT2D eigenvalue weighted by atomic mass is 16.6. The van der Waals surface area contributed by atoms with Gasteiger partial charge < -0.3 is 9.64 Å². The van der Waals surface area contributed by atoms with Crippen molar-refractivity contribution < 1.29 is 19.2 Å². The topological polar surface area (TPSA) is 89.7 Å². The van der Waals surface area contributed by atoms with Gasteiger partial charge in [-0.1, -0.05) is 12.1 Å². The SMILES string of the molecule is O=C(C=Cc1cccc([N+](=O)[O-])c1)OCC(=O)N1CCCCC1. The number of piperidine rings is 1. The summed E-state index contributed by atoms with van der Waals surface area (Å²) in [5, 5.41) is 10.7. The van der Waals surface area contributed by atoms with Crippen molar-refractivity contribution in [1.82, 2.24) is 4.90 Å². The van der Waals surface area contributed by atoms with Crippen molar-refractivity contribution >= 4 is 23.6 Å². The molecular weight excluding hydrogens is 300 g/mol. The minimum Gasteiger partial charge on any atom is -0.452 e. The van der Waals surface area contributed by atoms with E-state index in [1.165, 1.54) is 24.3 Å². The van der Waals surface area contributed by atoms with Crippen molar-refractivity contribution in [1.29, 1.82) is 0 Å². The average Bonchev–Trinajstić information content (AvgIpc) is 2.58. The summed E-state index contributed by atoms with van der Waals surface area (Å²) < 4.78 is 4.91. The first-order chi connectivity index (χ1) is 11.1. The van der Waals surface area contributed by atoms with Crippen molar-refractivity contribution in [2.75, 3.05) is 19.7 Å². The van der Waals surface area contributed by atoms with Gasteiger partial charge in [0.2, 0.25) is 0 Å². The number of amides is 1. The molecule has 1 saturated heterocycles. The molecule has 0 N–H and O–H groups in total. The van der Waals surface area contributed by atoms with E-state index in [0.29, 0.717) is 18.7 Å². The van der Waals surface area contributed by atoms with Gasteiger partial charge in [0.1, 0.15) is 0 Å². The van der Waals surface area contributed by atoms with Crippen LogP contribution in [0.2, 0.25) is 0 Å². The maximum absolute atomic E-state index is 11.8. The molecule has 1 aromatic carbocycles. The Bertz CT molecular complexity index is 621. The van der Waals surface area contributed by atoms with Crippen LogP contribution in [0.25, 0.3) is 6.08 Å². The van der Waals surface area contributed by atoms with E-state index in [0.717, 1.165) is 25.3 Å². The zero-order valence-electron chi connectivity index (χ0n) is 12.6. The summed E-state index contributed by atoms with van der Waals surface area (Å²) in [5.74, 6) is -0.844. The fourth-order valence-electron chi connectivity index (χ4n) is 2.32. The Hall–Kier alpha value is -2.70. The van der Waals surface area contributed by atoms with E-state index in [1.807, 2.05) is 0 Å². The van der Waals surface area contributed by atoms with Gasteiger partial charge >= 0.3 is 5.97 Å². The molecule has 23 heavy (non-hydrogen) atoms. The normalized spacial score (nSPS) is 14.7. The molecule has 1 aromatic rings. The van der Waals surface area contributed by atoms with Crippen molar-refractivity contribution in [2.45, 2.75) is 19.3 Å². The zero-order chi connectivity index (χ0) is 16.7. The number of carbonyl (C=O) groups excluding carboxylic acids is 2. The van der Waals surface area contributed by atoms with Crippen LogP contribution in [0.15, 0.2) is 30.3 Å². The number of hydrogen-bond donors (Lipinski definition) is 0. The maximum atomic E-state index is 11.8. The van der Waals surface area contributed by atoms with Gasteiger partial charge in [0, 0.05) is 31.3 Å². The van der Waals surface area contributed by atoms with Crippen molar-refractivity contribution in [3.8, 4) is 0 Å². The van der Waals surface area contributed by atoms with E-state index in [-0.39, 0.29) is 18.2 Å². The summed E-state index contributed by atoms with van der Waals surface area (Å²) in [6, 6.07) is 5.88. The maximum Gasteiger partial charge on any atom is 0.331 e. The van der Waals surface area contributed by atoms with Gasteiger partial charge in [0.25, 0.3) is 11.6 Å². The third-order valence-electron chi connectivity index (χ3n) is 3.54. The first-order valence-corrected chi connectivity index (χ1v) is 7.43. The number of likely N-dealkylation sites (tertiary alicyclic amines) is 1. The van der Waals surface area contributed by atoms with E-state index in [2.05, 4.69) is 0 Å². The predicted octanol–water partition coefficient (Wildman–Crippen LogP) is 2.16. The Morgan fingerprint density at radius 3 is 2.70 bits per heavy atom. The van der Waals surface area contributed by atoms with Crippen LogP contribution < -0.4 is 0 Å². The highest BCUT2D eigenvalue weighted by Crippen LogP contribution is 2.14. The van der Waals surface area contributed by atoms with Gasteiger partial charge in [0.05, 0.1) is 4.92 Å². The van der Waals surface area contributed by atoms with Crippen LogP contribution in [0.1, 0.15) is 24.8 Å². The summed E-state index contributed by atoms with van der Waals surface area (Å²) in [7, 11) is 0. The molecule has 0 atom stereocenters. The predicted molar refractivity (Wildman–Crippen MR) is 83.5 cm³/mol. The Kier molecular flexibility index (Phi) is 5.85. The van der Waals surface area contributed by atoms with Gasteiger partial charge in [0.15, 0.2) is 6.61 Å². The fraction of sp³-hybridized carbons (Fsp3) is 0.375. The second kappa shape index (κ2) is 8.07. The van der Waals surface area contributed by atoms with Gasteiger partial charge in [-0.3, -0.25) is 14.9 Å². The molecule has 0 radical (unpaired) electrons. The molecule has 1 heterocycles. The molecular formula is C16H18N2O5. The van der Waals surface area contributed by atoms with Crippen molar-refractivity contribution in [3.63, 3.8) is 0 Å². The molecule has 1 amide bonds. The number of ether oxygens (including phenoxy) is 1. The number of non-ortho nitro benzene ring substituents is 1. The molecule has 7 heteroatoms. The molecule has 1 aliphatic heterocycles. The molecule has 0 unspecified atom stereocenters. The van der Waals surface area contributed by atoms with Crippen LogP contribution in [0.3, 0.4) is 0 Å². The summed E-state index contributed by atoms with van der Waals surface area (Å²) in [6.45, 7) is 1.14. The monoisotopic (exact) mass is 318 g/mol. The molecule has 2 rings (SSSR count). The standard InChI is InChI=1S/C16H18N2O5/c19-15(17-9-2-1-3-10-17)12-23-16(20)8-7-13-5-4-6-14(11-13)18(21)22/h4-8,11H,1-3,9-10,12H2. The molecule has 0 bridgehead atoms. The number of nitro benzene ring substituents is 1. The molecule has 7 nitrogen and oxygen atoms in total. The molecule has 0 aliphatic carbocycles. The van der Waals surface area contributed by atoms with Crippen LogP contribution in [0.4, 0.5) is 5.69 Å². The smallest absolute Gasteiger partial charge is 0.331 e. The summed E-state index contributed by atoms with van der Waals surface area (Å²) in [5.41, 5.74) is 0.458. The lowest BCUT2D eigenvalue weighted by atomic mass is 10.1. The van der Waals surface area contributed by atoms with Gasteiger partial charge in [-0.15, -0.1) is 0 Å². The Morgan fingerprint density at radius 1 is 1.26 bits per heavy atom. The van der Waals surface area contributed by atoms with Gasteiger partial charge in [-0.05, 0) is 30.9 Å². The highest BCUT2D eigenvalue weighted by Gasteiger charge is 2.17. The first-order valence-electron chi connectivity index (χ1n) is 7.43. The lowest BCUT2D eigenvalue weighted by Crippen LogP contribution is -2.38. The van der Waals surface area contributed by atoms with Crippen LogP contribution >= 0.6 is 0 Å². The number of benzene rings is 1. The number of esters is 1. The molecule has 122 valence electrons. The molecule has 0 saturated carbocycles. The Morgan fingerprint density at radius 2 is 2.00 bits per heavy atom. The third kappa shape index (κ3) is 5.21. The second-order valence-corrected chi connectivity index (χ2v) is 5.23. The number of carbonyl (C=O) groups is 2. The van der Waals surface area contributed by atoms with E-state index in [9.17, 15) is 19.7 Å². The van der Waals surface area contributed by atoms with Crippen molar-refractivity contribution in [2.24, 2.45) is 0 Å². The van der Waals surface area contributed by atoms with E-state index < -0.39 is 10.9 Å². The lowest BCUT2D eigenvalue weighted by molar-refractivity contribution is -0.384. The quantitative estimate of drug-likeness (QED) is 0.359. The first kappa shape index (κ1) is 16.7. The lowest BCUT2D eigenvalue weighted by Gasteiger charge is -2.26. The average molecular weight is 318 g/mol. The summed E-state index contributed by atoms with van der Waals surface area (Å²) in [4.78, 5) is 35.3. The molecule has 1 fully saturated rings. The van der Waals surface area contributed by atoms with Crippen molar-refractivity contribution in [3.05, 3.63) is 46.0 Å². The van der Waals surface area contributed by atoms with E-state index >= 15 is 0 Å². The van der Waals surface area contributed by atoms with E-state index in [4.69, 9.17) is 4.74 Å². The Balaban J connectivity index is 1.83. The second-order valence-electron chi connectivity index (χ2n) is 5.23. The minimum atomic E-state index is -0.651. The minimum absolute atomic E-state index is 0.0548. The summed E-state index contributed by atoms with van der Waals surface area (Å²) >= 11 is 0. The third-order valence-corrected chi connectivity index (χ3v) is 3.54. The van der Waals surface area contributed by atoms with Gasteiger partial charge in [-0.2, -0.15) is 0 Å². The number of rotatable bonds is 5. The van der Waals surface area contributed by atoms with Crippen LogP contribution in [-0.2, 0) is 14.3 Å². The highest BCUT2D eigenvalue weighted by molar-refractivity contribution is 5.89. The number of hydrogen-bond acceptors (Lipinski definition) is 5. The molecule has 1 aliphatic rings. The van der Waals surface area contributed by atoms with Gasteiger partial charge in [-0.25, -0.2) is 4.79 Å². The molecule has 0 spiro atoms. The number of nitrogens with zero attached hydrogens (tertiary/aromatic N) is 2. The van der Waals surface area contributed by atoms with Crippen LogP contribution in [-0.4, -0.2) is 41.4 Å². The molecule has 0 aromatic heterocycles. The van der Waals surface area contributed by atoms with E-state index in [1.54, 1.807) is 11.0 Å². The Labute approximate surface area is 133 Å². The fourth-order valence-corrected chi connectivity index (χ4v) is 2.32. The number of nitro groups is 1.